The van der Waals surface area contributed by atoms with Gasteiger partial charge in [-0.15, -0.1) is 0 Å². The maximum absolute atomic E-state index is 14.1. The van der Waals surface area contributed by atoms with Gasteiger partial charge in [0, 0.05) is 12.1 Å². The molecule has 1 aromatic carbocycles. The predicted octanol–water partition coefficient (Wildman–Crippen LogP) is 3.39. The van der Waals surface area contributed by atoms with E-state index < -0.39 is 6.04 Å². The maximum atomic E-state index is 14.1. The third-order valence-corrected chi connectivity index (χ3v) is 8.25. The number of aryl methyl sites for hydroxylation is 1. The Hall–Kier alpha value is -3.06. The van der Waals surface area contributed by atoms with Gasteiger partial charge in [0.25, 0.3) is 0 Å². The molecule has 2 heterocycles. The molecule has 2 N–H and O–H groups in total. The fraction of sp³-hybridized carbons (Fsp3) is 0.548. The predicted molar refractivity (Wildman–Crippen MR) is 152 cm³/mol. The molecule has 1 aliphatic carbocycles. The number of nitrogens with one attached hydrogen (secondary N) is 2. The lowest BCUT2D eigenvalue weighted by Gasteiger charge is -2.35. The van der Waals surface area contributed by atoms with Crippen LogP contribution in [0.1, 0.15) is 83.3 Å². The standard InChI is InChI=1S/C31H43N5O2/c1-6-22-15-16-25(18-23(22)7-2)26-19-27(34-21(4)33-26)28-14-11-17-36(28)31(38)29(24-12-9-8-10-13-24)35-30(37)20(3)32-5/h6-7,15-16,18-20,24,28-29,32H,8-14,17H2,1-5H3,(H,35,37)/b22-6-,23-7-. The van der Waals surface area contributed by atoms with Gasteiger partial charge in [0.15, 0.2) is 0 Å². The molecule has 38 heavy (non-hydrogen) atoms. The molecule has 0 spiro atoms. The molecule has 1 saturated carbocycles. The van der Waals surface area contributed by atoms with Gasteiger partial charge in [-0.2, -0.15) is 0 Å². The SMILES string of the molecule is C/C=c1/ccc(-c2cc(C3CCCN3C(=O)C(NC(=O)C(C)NC)C3CCCCC3)nc(C)n2)c/c1=C/C. The van der Waals surface area contributed by atoms with Crippen molar-refractivity contribution in [2.75, 3.05) is 13.6 Å². The van der Waals surface area contributed by atoms with Crippen molar-refractivity contribution in [3.63, 3.8) is 0 Å². The molecule has 2 amide bonds. The molecule has 1 aromatic heterocycles. The fourth-order valence-corrected chi connectivity index (χ4v) is 5.93. The number of carbonyl (C=O) groups is 2. The first kappa shape index (κ1) is 28.0. The molecule has 2 aromatic rings. The number of amides is 2. The van der Waals surface area contributed by atoms with Gasteiger partial charge in [0.05, 0.1) is 23.5 Å². The highest BCUT2D eigenvalue weighted by molar-refractivity contribution is 5.90. The molecule has 204 valence electrons. The Balaban J connectivity index is 1.65. The monoisotopic (exact) mass is 517 g/mol. The lowest BCUT2D eigenvalue weighted by Crippen LogP contribution is -2.55. The molecule has 2 aliphatic rings. The summed E-state index contributed by atoms with van der Waals surface area (Å²) in [6, 6.07) is 7.47. The van der Waals surface area contributed by atoms with Gasteiger partial charge in [-0.3, -0.25) is 9.59 Å². The van der Waals surface area contributed by atoms with Crippen LogP contribution in [0.25, 0.3) is 23.4 Å². The second-order valence-corrected chi connectivity index (χ2v) is 10.7. The molecule has 1 aliphatic heterocycles. The summed E-state index contributed by atoms with van der Waals surface area (Å²) in [5.74, 6) is 0.777. The normalized spacial score (nSPS) is 21.0. The molecule has 7 nitrogen and oxygen atoms in total. The summed E-state index contributed by atoms with van der Waals surface area (Å²) in [5, 5.41) is 8.49. The van der Waals surface area contributed by atoms with Crippen LogP contribution in [0.5, 0.6) is 0 Å². The van der Waals surface area contributed by atoms with Crippen LogP contribution < -0.4 is 21.1 Å². The van der Waals surface area contributed by atoms with Crippen molar-refractivity contribution in [1.29, 1.82) is 0 Å². The van der Waals surface area contributed by atoms with Crippen LogP contribution in [0, 0.1) is 12.8 Å². The highest BCUT2D eigenvalue weighted by atomic mass is 16.2. The van der Waals surface area contributed by atoms with Crippen LogP contribution in [-0.4, -0.2) is 52.4 Å². The summed E-state index contributed by atoms with van der Waals surface area (Å²) >= 11 is 0. The van der Waals surface area contributed by atoms with Crippen molar-refractivity contribution in [3.05, 3.63) is 46.2 Å². The molecule has 0 radical (unpaired) electrons. The van der Waals surface area contributed by atoms with E-state index >= 15 is 0 Å². The number of carbonyl (C=O) groups excluding carboxylic acids is 2. The average Bonchev–Trinajstić information content (AvgIpc) is 3.45. The summed E-state index contributed by atoms with van der Waals surface area (Å²) in [4.78, 5) is 38.5. The van der Waals surface area contributed by atoms with Crippen LogP contribution in [-0.2, 0) is 9.59 Å². The van der Waals surface area contributed by atoms with Gasteiger partial charge in [-0.1, -0.05) is 43.5 Å². The summed E-state index contributed by atoms with van der Waals surface area (Å²) < 4.78 is 0. The van der Waals surface area contributed by atoms with E-state index in [1.807, 2.05) is 38.7 Å². The molecule has 3 atom stereocenters. The fourth-order valence-electron chi connectivity index (χ4n) is 5.93. The molecular formula is C31H43N5O2. The summed E-state index contributed by atoms with van der Waals surface area (Å²) in [6.07, 6.45) is 11.4. The smallest absolute Gasteiger partial charge is 0.246 e. The summed E-state index contributed by atoms with van der Waals surface area (Å²) in [7, 11) is 1.77. The Morgan fingerprint density at radius 2 is 1.74 bits per heavy atom. The molecular weight excluding hydrogens is 474 g/mol. The van der Waals surface area contributed by atoms with Crippen molar-refractivity contribution >= 4 is 24.0 Å². The number of hydrogen-bond donors (Lipinski definition) is 2. The first-order valence-electron chi connectivity index (χ1n) is 14.2. The lowest BCUT2D eigenvalue weighted by molar-refractivity contribution is -0.139. The zero-order valence-corrected chi connectivity index (χ0v) is 23.6. The highest BCUT2D eigenvalue weighted by Gasteiger charge is 2.39. The van der Waals surface area contributed by atoms with E-state index in [1.54, 1.807) is 7.05 Å². The van der Waals surface area contributed by atoms with Crippen LogP contribution in [0.4, 0.5) is 0 Å². The first-order valence-corrected chi connectivity index (χ1v) is 14.2. The molecule has 7 heteroatoms. The maximum Gasteiger partial charge on any atom is 0.246 e. The molecule has 4 rings (SSSR count). The van der Waals surface area contributed by atoms with Crippen molar-refractivity contribution in [3.8, 4) is 11.3 Å². The number of benzene rings is 1. The minimum Gasteiger partial charge on any atom is -0.343 e. The Morgan fingerprint density at radius 3 is 2.42 bits per heavy atom. The number of aromatic nitrogens is 2. The van der Waals surface area contributed by atoms with Crippen LogP contribution >= 0.6 is 0 Å². The highest BCUT2D eigenvalue weighted by Crippen LogP contribution is 2.35. The van der Waals surface area contributed by atoms with Gasteiger partial charge in [0.2, 0.25) is 11.8 Å². The van der Waals surface area contributed by atoms with Crippen molar-refractivity contribution in [2.24, 2.45) is 5.92 Å². The van der Waals surface area contributed by atoms with Crippen molar-refractivity contribution in [1.82, 2.24) is 25.5 Å². The molecule has 3 unspecified atom stereocenters. The zero-order valence-electron chi connectivity index (χ0n) is 23.6. The van der Waals surface area contributed by atoms with E-state index in [9.17, 15) is 9.59 Å². The molecule has 1 saturated heterocycles. The largest absolute Gasteiger partial charge is 0.343 e. The minimum absolute atomic E-state index is 0.0274. The minimum atomic E-state index is -0.498. The first-order chi connectivity index (χ1) is 18.4. The van der Waals surface area contributed by atoms with Gasteiger partial charge >= 0.3 is 0 Å². The van der Waals surface area contributed by atoms with E-state index in [0.29, 0.717) is 12.4 Å². The van der Waals surface area contributed by atoms with E-state index in [1.165, 1.54) is 16.9 Å². The zero-order chi connectivity index (χ0) is 27.2. The molecule has 0 bridgehead atoms. The number of likely N-dealkylation sites (N-methyl/N-ethyl adjacent to an activating group) is 1. The average molecular weight is 518 g/mol. The van der Waals surface area contributed by atoms with Gasteiger partial charge in [-0.25, -0.2) is 9.97 Å². The van der Waals surface area contributed by atoms with Crippen molar-refractivity contribution in [2.45, 2.75) is 90.8 Å². The third-order valence-electron chi connectivity index (χ3n) is 8.25. The second kappa shape index (κ2) is 12.7. The Morgan fingerprint density at radius 1 is 1.00 bits per heavy atom. The van der Waals surface area contributed by atoms with E-state index in [2.05, 4.69) is 41.0 Å². The number of hydrogen-bond acceptors (Lipinski definition) is 5. The van der Waals surface area contributed by atoms with E-state index in [4.69, 9.17) is 9.97 Å². The Kier molecular flexibility index (Phi) is 9.31. The second-order valence-electron chi connectivity index (χ2n) is 10.7. The van der Waals surface area contributed by atoms with Crippen LogP contribution in [0.3, 0.4) is 0 Å². The number of nitrogens with zero attached hydrogens (tertiary/aromatic N) is 3. The van der Waals surface area contributed by atoms with Crippen LogP contribution in [0.15, 0.2) is 24.3 Å². The lowest BCUT2D eigenvalue weighted by atomic mass is 9.83. The summed E-state index contributed by atoms with van der Waals surface area (Å²) in [5.41, 5.74) is 2.79. The number of likely N-dealkylation sites (tertiary alicyclic amines) is 1. The number of rotatable bonds is 7. The van der Waals surface area contributed by atoms with E-state index in [0.717, 1.165) is 55.5 Å². The van der Waals surface area contributed by atoms with Crippen LogP contribution in [0.2, 0.25) is 0 Å². The van der Waals surface area contributed by atoms with Gasteiger partial charge < -0.3 is 15.5 Å². The van der Waals surface area contributed by atoms with Gasteiger partial charge in [0.1, 0.15) is 11.9 Å². The quantitative estimate of drug-likeness (QED) is 0.588. The Bertz CT molecular complexity index is 1270. The van der Waals surface area contributed by atoms with Crippen molar-refractivity contribution < 1.29 is 9.59 Å². The van der Waals surface area contributed by atoms with Gasteiger partial charge in [-0.05, 0) is 88.9 Å². The summed E-state index contributed by atoms with van der Waals surface area (Å²) in [6.45, 7) is 8.51. The van der Waals surface area contributed by atoms with E-state index in [-0.39, 0.29) is 29.8 Å². The molecule has 2 fully saturated rings. The topological polar surface area (TPSA) is 87.2 Å². The Labute approximate surface area is 226 Å². The third kappa shape index (κ3) is 6.15.